The summed E-state index contributed by atoms with van der Waals surface area (Å²) >= 11 is 5.92. The fraction of sp³-hybridized carbons (Fsp3) is 0.429. The van der Waals surface area contributed by atoms with Crippen molar-refractivity contribution in [3.63, 3.8) is 0 Å². The maximum Gasteiger partial charge on any atom is 0.307 e. The van der Waals surface area contributed by atoms with E-state index in [4.69, 9.17) is 16.3 Å². The van der Waals surface area contributed by atoms with Gasteiger partial charge in [-0.25, -0.2) is 0 Å². The number of halogens is 1. The van der Waals surface area contributed by atoms with Crippen LogP contribution in [0, 0.1) is 0 Å². The number of methoxy groups -OCH3 is 2. The molecule has 6 heteroatoms. The van der Waals surface area contributed by atoms with Crippen molar-refractivity contribution in [2.75, 3.05) is 27.8 Å². The van der Waals surface area contributed by atoms with Crippen molar-refractivity contribution in [3.8, 4) is 5.75 Å². The van der Waals surface area contributed by atoms with Gasteiger partial charge in [-0.3, -0.25) is 9.59 Å². The Morgan fingerprint density at radius 1 is 1.30 bits per heavy atom. The molecule has 0 spiro atoms. The number of rotatable bonds is 6. The van der Waals surface area contributed by atoms with Crippen LogP contribution in [0.3, 0.4) is 0 Å². The summed E-state index contributed by atoms with van der Waals surface area (Å²) in [7, 11) is 4.50. The van der Waals surface area contributed by atoms with Gasteiger partial charge in [0.2, 0.25) is 5.91 Å². The Hall–Kier alpha value is -1.75. The molecule has 5 nitrogen and oxygen atoms in total. The number of hydrogen-bond acceptors (Lipinski definition) is 4. The molecule has 0 atom stereocenters. The molecule has 110 valence electrons. The zero-order chi connectivity index (χ0) is 15.1. The minimum atomic E-state index is -0.343. The van der Waals surface area contributed by atoms with Crippen LogP contribution in [0.4, 0.5) is 0 Å². The maximum absolute atomic E-state index is 12.1. The summed E-state index contributed by atoms with van der Waals surface area (Å²) in [5.41, 5.74) is 0.718. The van der Waals surface area contributed by atoms with E-state index in [1.165, 1.54) is 19.1 Å². The number of ether oxygens (including phenoxy) is 2. The number of benzene rings is 1. The summed E-state index contributed by atoms with van der Waals surface area (Å²) < 4.78 is 9.73. The van der Waals surface area contributed by atoms with Gasteiger partial charge in [-0.05, 0) is 18.2 Å². The molecule has 0 bridgehead atoms. The van der Waals surface area contributed by atoms with Crippen LogP contribution >= 0.6 is 11.6 Å². The lowest BCUT2D eigenvalue weighted by molar-refractivity contribution is -0.141. The van der Waals surface area contributed by atoms with E-state index in [0.29, 0.717) is 17.3 Å². The van der Waals surface area contributed by atoms with Crippen LogP contribution in [0.1, 0.15) is 12.0 Å². The third kappa shape index (κ3) is 4.74. The molecule has 0 aliphatic carbocycles. The minimum Gasteiger partial charge on any atom is -0.496 e. The van der Waals surface area contributed by atoms with E-state index < -0.39 is 0 Å². The van der Waals surface area contributed by atoms with Gasteiger partial charge in [0.05, 0.1) is 27.1 Å². The summed E-state index contributed by atoms with van der Waals surface area (Å²) in [6, 6.07) is 5.13. The molecule has 1 aromatic carbocycles. The molecule has 20 heavy (non-hydrogen) atoms. The van der Waals surface area contributed by atoms with Crippen LogP contribution in [0.15, 0.2) is 18.2 Å². The minimum absolute atomic E-state index is 0.116. The highest BCUT2D eigenvalue weighted by Crippen LogP contribution is 2.23. The van der Waals surface area contributed by atoms with Crippen LogP contribution in [-0.4, -0.2) is 44.6 Å². The lowest BCUT2D eigenvalue weighted by atomic mass is 10.1. The zero-order valence-electron chi connectivity index (χ0n) is 11.8. The van der Waals surface area contributed by atoms with Crippen molar-refractivity contribution in [2.45, 2.75) is 12.8 Å². The van der Waals surface area contributed by atoms with Crippen molar-refractivity contribution < 1.29 is 19.1 Å². The van der Waals surface area contributed by atoms with Crippen LogP contribution in [0.5, 0.6) is 5.75 Å². The summed E-state index contributed by atoms with van der Waals surface area (Å²) in [5, 5.41) is 0.547. The number of nitrogens with zero attached hydrogens (tertiary/aromatic N) is 1. The highest BCUT2D eigenvalue weighted by atomic mass is 35.5. The first-order valence-electron chi connectivity index (χ1n) is 6.11. The van der Waals surface area contributed by atoms with Gasteiger partial charge in [0.1, 0.15) is 5.75 Å². The van der Waals surface area contributed by atoms with E-state index in [9.17, 15) is 9.59 Å². The van der Waals surface area contributed by atoms with Crippen molar-refractivity contribution in [2.24, 2.45) is 0 Å². The van der Waals surface area contributed by atoms with Gasteiger partial charge in [0.25, 0.3) is 0 Å². The number of carbonyl (C=O) groups excluding carboxylic acids is 2. The summed E-state index contributed by atoms with van der Waals surface area (Å²) in [4.78, 5) is 24.6. The zero-order valence-corrected chi connectivity index (χ0v) is 12.6. The topological polar surface area (TPSA) is 55.8 Å². The van der Waals surface area contributed by atoms with Gasteiger partial charge in [0, 0.05) is 24.2 Å². The Kier molecular flexibility index (Phi) is 6.31. The number of amides is 1. The molecule has 0 heterocycles. The van der Waals surface area contributed by atoms with E-state index in [1.54, 1.807) is 25.2 Å². The van der Waals surface area contributed by atoms with E-state index >= 15 is 0 Å². The predicted molar refractivity (Wildman–Crippen MR) is 76.0 cm³/mol. The molecule has 1 amide bonds. The molecule has 0 N–H and O–H groups in total. The van der Waals surface area contributed by atoms with Crippen LogP contribution in [-0.2, 0) is 20.7 Å². The van der Waals surface area contributed by atoms with Crippen molar-refractivity contribution in [1.82, 2.24) is 4.90 Å². The molecule has 0 fully saturated rings. The summed E-state index contributed by atoms with van der Waals surface area (Å²) in [5.74, 6) is 0.156. The average molecular weight is 300 g/mol. The van der Waals surface area contributed by atoms with Crippen LogP contribution in [0.2, 0.25) is 5.02 Å². The Balaban J connectivity index is 2.65. The van der Waals surface area contributed by atoms with Crippen LogP contribution in [0.25, 0.3) is 0 Å². The highest BCUT2D eigenvalue weighted by molar-refractivity contribution is 6.30. The highest BCUT2D eigenvalue weighted by Gasteiger charge is 2.14. The number of carbonyl (C=O) groups is 2. The average Bonchev–Trinajstić information content (AvgIpc) is 2.44. The fourth-order valence-electron chi connectivity index (χ4n) is 1.67. The standard InChI is InChI=1S/C14H18ClNO4/c1-16(7-6-14(18)20-3)13(17)9-10-8-11(15)4-5-12(10)19-2/h4-5,8H,6-7,9H2,1-3H3. The number of hydrogen-bond donors (Lipinski definition) is 0. The summed E-state index contributed by atoms with van der Waals surface area (Å²) in [6.07, 6.45) is 0.340. The lowest BCUT2D eigenvalue weighted by Gasteiger charge is -2.17. The van der Waals surface area contributed by atoms with E-state index in [0.717, 1.165) is 5.56 Å². The molecule has 0 saturated heterocycles. The van der Waals surface area contributed by atoms with Crippen molar-refractivity contribution >= 4 is 23.5 Å². The van der Waals surface area contributed by atoms with E-state index in [-0.39, 0.29) is 24.7 Å². The quantitative estimate of drug-likeness (QED) is 0.753. The summed E-state index contributed by atoms with van der Waals surface area (Å²) in [6.45, 7) is 0.314. The molecule has 0 aliphatic rings. The Labute approximate surface area is 123 Å². The molecule has 1 rings (SSSR count). The number of esters is 1. The van der Waals surface area contributed by atoms with Gasteiger partial charge in [-0.15, -0.1) is 0 Å². The van der Waals surface area contributed by atoms with E-state index in [1.807, 2.05) is 0 Å². The fourth-order valence-corrected chi connectivity index (χ4v) is 1.86. The monoisotopic (exact) mass is 299 g/mol. The molecule has 1 aromatic rings. The normalized spacial score (nSPS) is 10.0. The molecule has 0 aromatic heterocycles. The van der Waals surface area contributed by atoms with Gasteiger partial charge in [-0.1, -0.05) is 11.6 Å². The second-order valence-corrected chi connectivity index (χ2v) is 4.71. The molecule has 0 radical (unpaired) electrons. The van der Waals surface area contributed by atoms with Gasteiger partial charge < -0.3 is 14.4 Å². The second kappa shape index (κ2) is 7.75. The SMILES string of the molecule is COC(=O)CCN(C)C(=O)Cc1cc(Cl)ccc1OC. The second-order valence-electron chi connectivity index (χ2n) is 4.27. The first-order valence-corrected chi connectivity index (χ1v) is 6.49. The van der Waals surface area contributed by atoms with E-state index in [2.05, 4.69) is 4.74 Å². The number of likely N-dealkylation sites (N-methyl/N-ethyl adjacent to an activating group) is 1. The Morgan fingerprint density at radius 2 is 2.00 bits per heavy atom. The van der Waals surface area contributed by atoms with Gasteiger partial charge in [-0.2, -0.15) is 0 Å². The first kappa shape index (κ1) is 16.3. The molecule has 0 saturated carbocycles. The Bertz CT molecular complexity index is 490. The predicted octanol–water partition coefficient (Wildman–Crippen LogP) is 1.91. The van der Waals surface area contributed by atoms with Gasteiger partial charge in [0.15, 0.2) is 0 Å². The third-order valence-electron chi connectivity index (χ3n) is 2.89. The Morgan fingerprint density at radius 3 is 2.60 bits per heavy atom. The maximum atomic E-state index is 12.1. The lowest BCUT2D eigenvalue weighted by Crippen LogP contribution is -2.30. The first-order chi connectivity index (χ1) is 9.47. The molecule has 0 aliphatic heterocycles. The van der Waals surface area contributed by atoms with Crippen LogP contribution < -0.4 is 4.74 Å². The molecule has 0 unspecified atom stereocenters. The smallest absolute Gasteiger partial charge is 0.307 e. The van der Waals surface area contributed by atoms with Crippen molar-refractivity contribution in [1.29, 1.82) is 0 Å². The van der Waals surface area contributed by atoms with Gasteiger partial charge >= 0.3 is 5.97 Å². The van der Waals surface area contributed by atoms with Crippen molar-refractivity contribution in [3.05, 3.63) is 28.8 Å². The largest absolute Gasteiger partial charge is 0.496 e. The molecular formula is C14H18ClNO4. The third-order valence-corrected chi connectivity index (χ3v) is 3.12. The molecular weight excluding hydrogens is 282 g/mol.